The monoisotopic (exact) mass is 253 g/mol. The Morgan fingerprint density at radius 1 is 1.56 bits per heavy atom. The lowest BCUT2D eigenvalue weighted by atomic mass is 10.4. The highest BCUT2D eigenvalue weighted by Crippen LogP contribution is 2.28. The van der Waals surface area contributed by atoms with Gasteiger partial charge in [0.2, 0.25) is 11.7 Å². The van der Waals surface area contributed by atoms with Crippen LogP contribution in [0, 0.1) is 0 Å². The summed E-state index contributed by atoms with van der Waals surface area (Å²) < 4.78 is 5.14. The maximum Gasteiger partial charge on any atom is 0.239 e. The summed E-state index contributed by atoms with van der Waals surface area (Å²) >= 11 is 0. The minimum absolute atomic E-state index is 0.0708. The topological polar surface area (TPSA) is 93.4 Å². The minimum Gasteiger partial charge on any atom is -0.490 e. The van der Waals surface area contributed by atoms with Gasteiger partial charge in [0.15, 0.2) is 11.6 Å². The van der Waals surface area contributed by atoms with Gasteiger partial charge in [-0.25, -0.2) is 9.97 Å². The summed E-state index contributed by atoms with van der Waals surface area (Å²) in [6.45, 7) is 2.85. The SMILES string of the molecule is CCCNC(=O)CN(C)c1ncnc(N)c1OC. The van der Waals surface area contributed by atoms with Crippen molar-refractivity contribution in [3.63, 3.8) is 0 Å². The van der Waals surface area contributed by atoms with Crippen molar-refractivity contribution in [3.05, 3.63) is 6.33 Å². The van der Waals surface area contributed by atoms with Crippen molar-refractivity contribution in [2.45, 2.75) is 13.3 Å². The number of methoxy groups -OCH3 is 1. The number of likely N-dealkylation sites (N-methyl/N-ethyl adjacent to an activating group) is 1. The molecule has 1 amide bonds. The Morgan fingerprint density at radius 2 is 2.28 bits per heavy atom. The van der Waals surface area contributed by atoms with Crippen molar-refractivity contribution in [3.8, 4) is 5.75 Å². The Hall–Kier alpha value is -2.05. The van der Waals surface area contributed by atoms with Gasteiger partial charge in [0.05, 0.1) is 13.7 Å². The van der Waals surface area contributed by atoms with Crippen molar-refractivity contribution >= 4 is 17.5 Å². The second-order valence-electron chi connectivity index (χ2n) is 3.82. The number of aromatic nitrogens is 2. The number of hydrogen-bond donors (Lipinski definition) is 2. The number of ether oxygens (including phenoxy) is 1. The average Bonchev–Trinajstić information content (AvgIpc) is 2.35. The average molecular weight is 253 g/mol. The third kappa shape index (κ3) is 3.47. The molecule has 1 aromatic rings. The molecule has 0 spiro atoms. The van der Waals surface area contributed by atoms with E-state index in [0.29, 0.717) is 18.1 Å². The molecule has 100 valence electrons. The number of nitrogen functional groups attached to an aromatic ring is 1. The van der Waals surface area contributed by atoms with Gasteiger partial charge < -0.3 is 20.7 Å². The van der Waals surface area contributed by atoms with Crippen LogP contribution in [0.2, 0.25) is 0 Å². The van der Waals surface area contributed by atoms with Crippen LogP contribution in [-0.2, 0) is 4.79 Å². The highest BCUT2D eigenvalue weighted by atomic mass is 16.5. The third-order valence-electron chi connectivity index (χ3n) is 2.33. The molecule has 1 aromatic heterocycles. The van der Waals surface area contributed by atoms with E-state index in [-0.39, 0.29) is 18.3 Å². The van der Waals surface area contributed by atoms with Crippen LogP contribution in [0.4, 0.5) is 11.6 Å². The molecule has 7 nitrogen and oxygen atoms in total. The number of rotatable bonds is 6. The Labute approximate surface area is 106 Å². The van der Waals surface area contributed by atoms with Gasteiger partial charge in [0, 0.05) is 13.6 Å². The molecule has 0 bridgehead atoms. The third-order valence-corrected chi connectivity index (χ3v) is 2.33. The van der Waals surface area contributed by atoms with Crippen LogP contribution in [0.3, 0.4) is 0 Å². The first kappa shape index (κ1) is 14.0. The fraction of sp³-hybridized carbons (Fsp3) is 0.545. The van der Waals surface area contributed by atoms with E-state index in [2.05, 4.69) is 15.3 Å². The van der Waals surface area contributed by atoms with Crippen molar-refractivity contribution in [2.24, 2.45) is 0 Å². The lowest BCUT2D eigenvalue weighted by Gasteiger charge is -2.20. The maximum absolute atomic E-state index is 11.6. The van der Waals surface area contributed by atoms with E-state index >= 15 is 0 Å². The van der Waals surface area contributed by atoms with Crippen LogP contribution >= 0.6 is 0 Å². The van der Waals surface area contributed by atoms with Crippen LogP contribution < -0.4 is 20.7 Å². The second-order valence-corrected chi connectivity index (χ2v) is 3.82. The molecule has 0 aliphatic carbocycles. The Kier molecular flexibility index (Phi) is 5.16. The predicted octanol–water partition coefficient (Wildman–Crippen LogP) is 0.0298. The molecule has 0 aliphatic rings. The molecule has 0 aliphatic heterocycles. The van der Waals surface area contributed by atoms with Crippen LogP contribution in [0.15, 0.2) is 6.33 Å². The molecule has 0 aromatic carbocycles. The van der Waals surface area contributed by atoms with Gasteiger partial charge in [0.1, 0.15) is 6.33 Å². The Balaban J connectivity index is 2.75. The molecule has 1 rings (SSSR count). The zero-order valence-corrected chi connectivity index (χ0v) is 10.9. The van der Waals surface area contributed by atoms with Crippen LogP contribution in [0.1, 0.15) is 13.3 Å². The van der Waals surface area contributed by atoms with Crippen LogP contribution in [-0.4, -0.2) is 43.1 Å². The summed E-state index contributed by atoms with van der Waals surface area (Å²) in [5.74, 6) is 1.06. The molecule has 1 heterocycles. The Morgan fingerprint density at radius 3 is 2.89 bits per heavy atom. The van der Waals surface area contributed by atoms with E-state index in [1.165, 1.54) is 13.4 Å². The number of carbonyl (C=O) groups excluding carboxylic acids is 1. The molecule has 0 saturated heterocycles. The lowest BCUT2D eigenvalue weighted by molar-refractivity contribution is -0.119. The van der Waals surface area contributed by atoms with E-state index in [9.17, 15) is 4.79 Å². The molecular formula is C11H19N5O2. The van der Waals surface area contributed by atoms with Crippen molar-refractivity contribution < 1.29 is 9.53 Å². The Bertz CT molecular complexity index is 410. The fourth-order valence-electron chi connectivity index (χ4n) is 1.46. The van der Waals surface area contributed by atoms with Gasteiger partial charge >= 0.3 is 0 Å². The first-order chi connectivity index (χ1) is 8.60. The first-order valence-electron chi connectivity index (χ1n) is 5.72. The maximum atomic E-state index is 11.6. The zero-order valence-electron chi connectivity index (χ0n) is 10.9. The first-order valence-corrected chi connectivity index (χ1v) is 5.72. The number of nitrogens with zero attached hydrogens (tertiary/aromatic N) is 3. The molecule has 3 N–H and O–H groups in total. The summed E-state index contributed by atoms with van der Waals surface area (Å²) in [7, 11) is 3.24. The van der Waals surface area contributed by atoms with Gasteiger partial charge in [-0.05, 0) is 6.42 Å². The normalized spacial score (nSPS) is 9.94. The summed E-state index contributed by atoms with van der Waals surface area (Å²) in [5, 5.41) is 2.79. The van der Waals surface area contributed by atoms with E-state index < -0.39 is 0 Å². The molecule has 7 heteroatoms. The minimum atomic E-state index is -0.0708. The van der Waals surface area contributed by atoms with E-state index in [1.807, 2.05) is 6.92 Å². The molecular weight excluding hydrogens is 234 g/mol. The quantitative estimate of drug-likeness (QED) is 0.743. The zero-order chi connectivity index (χ0) is 13.5. The highest BCUT2D eigenvalue weighted by Gasteiger charge is 2.15. The van der Waals surface area contributed by atoms with Crippen LogP contribution in [0.5, 0.6) is 5.75 Å². The number of nitrogens with two attached hydrogens (primary N) is 1. The largest absolute Gasteiger partial charge is 0.490 e. The number of nitrogens with one attached hydrogen (secondary N) is 1. The van der Waals surface area contributed by atoms with Crippen molar-refractivity contribution in [1.82, 2.24) is 15.3 Å². The molecule has 0 unspecified atom stereocenters. The van der Waals surface area contributed by atoms with Gasteiger partial charge in [0.25, 0.3) is 0 Å². The predicted molar refractivity (Wildman–Crippen MR) is 69.6 cm³/mol. The number of carbonyl (C=O) groups is 1. The molecule has 0 radical (unpaired) electrons. The number of anilines is 2. The van der Waals surface area contributed by atoms with E-state index in [0.717, 1.165) is 6.42 Å². The molecule has 0 atom stereocenters. The number of hydrogen-bond acceptors (Lipinski definition) is 6. The fourth-order valence-corrected chi connectivity index (χ4v) is 1.46. The standard InChI is InChI=1S/C11H19N5O2/c1-4-5-13-8(17)6-16(2)11-9(18-3)10(12)14-7-15-11/h7H,4-6H2,1-3H3,(H,13,17)(H2,12,14,15). The second kappa shape index (κ2) is 6.63. The summed E-state index contributed by atoms with van der Waals surface area (Å²) in [6, 6.07) is 0. The van der Waals surface area contributed by atoms with Crippen LogP contribution in [0.25, 0.3) is 0 Å². The number of amides is 1. The smallest absolute Gasteiger partial charge is 0.239 e. The van der Waals surface area contributed by atoms with Crippen molar-refractivity contribution in [2.75, 3.05) is 37.9 Å². The van der Waals surface area contributed by atoms with Gasteiger partial charge in [-0.3, -0.25) is 4.79 Å². The summed E-state index contributed by atoms with van der Waals surface area (Å²) in [4.78, 5) is 21.2. The molecule has 0 saturated carbocycles. The van der Waals surface area contributed by atoms with E-state index in [4.69, 9.17) is 10.5 Å². The van der Waals surface area contributed by atoms with Gasteiger partial charge in [-0.15, -0.1) is 0 Å². The van der Waals surface area contributed by atoms with Gasteiger partial charge in [-0.1, -0.05) is 6.92 Å². The lowest BCUT2D eigenvalue weighted by Crippen LogP contribution is -2.36. The summed E-state index contributed by atoms with van der Waals surface area (Å²) in [5.41, 5.74) is 5.68. The molecule has 18 heavy (non-hydrogen) atoms. The van der Waals surface area contributed by atoms with Gasteiger partial charge in [-0.2, -0.15) is 0 Å². The molecule has 0 fully saturated rings. The highest BCUT2D eigenvalue weighted by molar-refractivity contribution is 5.81. The van der Waals surface area contributed by atoms with E-state index in [1.54, 1.807) is 11.9 Å². The van der Waals surface area contributed by atoms with Crippen molar-refractivity contribution in [1.29, 1.82) is 0 Å². The summed E-state index contributed by atoms with van der Waals surface area (Å²) in [6.07, 6.45) is 2.24.